The van der Waals surface area contributed by atoms with Crippen molar-refractivity contribution in [2.24, 2.45) is 11.1 Å². The summed E-state index contributed by atoms with van der Waals surface area (Å²) in [4.78, 5) is 0. The topological polar surface area (TPSA) is 35.2 Å². The Bertz CT molecular complexity index is 384. The van der Waals surface area contributed by atoms with Crippen molar-refractivity contribution in [3.63, 3.8) is 0 Å². The highest BCUT2D eigenvalue weighted by molar-refractivity contribution is 5.48. The molecule has 0 aromatic heterocycles. The zero-order valence-electron chi connectivity index (χ0n) is 9.87. The molecule has 2 heteroatoms. The Morgan fingerprint density at radius 3 is 2.40 bits per heavy atom. The Balaban J connectivity index is 2.42. The largest absolute Gasteiger partial charge is 0.496 e. The summed E-state index contributed by atoms with van der Waals surface area (Å²) in [6.45, 7) is 6.50. The first-order chi connectivity index (χ1) is 7.00. The van der Waals surface area contributed by atoms with Crippen LogP contribution in [0.5, 0.6) is 5.75 Å². The van der Waals surface area contributed by atoms with Gasteiger partial charge in [0.1, 0.15) is 5.75 Å². The number of methoxy groups -OCH3 is 1. The van der Waals surface area contributed by atoms with Crippen LogP contribution in [0.15, 0.2) is 18.2 Å². The highest BCUT2D eigenvalue weighted by atomic mass is 16.5. The average Bonchev–Trinajstić information content (AvgIpc) is 2.66. The Hall–Kier alpha value is -1.02. The summed E-state index contributed by atoms with van der Waals surface area (Å²) in [6, 6.07) is 6.54. The maximum absolute atomic E-state index is 6.09. The van der Waals surface area contributed by atoms with E-state index in [-0.39, 0.29) is 11.5 Å². The quantitative estimate of drug-likeness (QED) is 0.805. The maximum Gasteiger partial charge on any atom is 0.125 e. The standard InChI is InChI=1S/C13H19NO/c1-8-6-5-7-9(11(8)15-4)10-12(14)13(10,2)3/h5-7,10,12H,14H2,1-4H3/t10-,12-/m0/s1. The second-order valence-corrected chi connectivity index (χ2v) is 5.02. The van der Waals surface area contributed by atoms with Crippen molar-refractivity contribution in [1.29, 1.82) is 0 Å². The van der Waals surface area contributed by atoms with Gasteiger partial charge in [-0.05, 0) is 23.5 Å². The van der Waals surface area contributed by atoms with E-state index in [2.05, 4.69) is 39.0 Å². The predicted octanol–water partition coefficient (Wildman–Crippen LogP) is 2.45. The van der Waals surface area contributed by atoms with Crippen LogP contribution in [-0.4, -0.2) is 13.2 Å². The number of benzene rings is 1. The lowest BCUT2D eigenvalue weighted by molar-refractivity contribution is 0.404. The molecule has 1 saturated carbocycles. The van der Waals surface area contributed by atoms with Gasteiger partial charge in [-0.3, -0.25) is 0 Å². The average molecular weight is 205 g/mol. The second-order valence-electron chi connectivity index (χ2n) is 5.02. The third-order valence-electron chi connectivity index (χ3n) is 3.69. The van der Waals surface area contributed by atoms with Gasteiger partial charge in [0, 0.05) is 12.0 Å². The summed E-state index contributed by atoms with van der Waals surface area (Å²) in [5.74, 6) is 1.44. The van der Waals surface area contributed by atoms with Gasteiger partial charge in [0.2, 0.25) is 0 Å². The van der Waals surface area contributed by atoms with Crippen LogP contribution in [0.4, 0.5) is 0 Å². The lowest BCUT2D eigenvalue weighted by atomic mass is 10.00. The second kappa shape index (κ2) is 3.24. The van der Waals surface area contributed by atoms with Crippen molar-refractivity contribution in [3.05, 3.63) is 29.3 Å². The van der Waals surface area contributed by atoms with E-state index in [0.717, 1.165) is 5.75 Å². The fourth-order valence-electron chi connectivity index (χ4n) is 2.47. The molecule has 0 bridgehead atoms. The molecule has 1 fully saturated rings. The molecule has 0 spiro atoms. The Morgan fingerprint density at radius 1 is 1.33 bits per heavy atom. The van der Waals surface area contributed by atoms with Crippen LogP contribution in [0.25, 0.3) is 0 Å². The van der Waals surface area contributed by atoms with Crippen LogP contribution in [0.3, 0.4) is 0 Å². The van der Waals surface area contributed by atoms with Gasteiger partial charge in [-0.1, -0.05) is 32.0 Å². The minimum atomic E-state index is 0.209. The van der Waals surface area contributed by atoms with Gasteiger partial charge in [0.15, 0.2) is 0 Å². The van der Waals surface area contributed by atoms with E-state index in [1.54, 1.807) is 7.11 Å². The minimum absolute atomic E-state index is 0.209. The number of hydrogen-bond acceptors (Lipinski definition) is 2. The van der Waals surface area contributed by atoms with E-state index in [1.165, 1.54) is 11.1 Å². The molecule has 1 aliphatic carbocycles. The van der Waals surface area contributed by atoms with E-state index in [4.69, 9.17) is 10.5 Å². The zero-order chi connectivity index (χ0) is 11.2. The highest BCUT2D eigenvalue weighted by Gasteiger charge is 2.57. The first kappa shape index (κ1) is 10.5. The van der Waals surface area contributed by atoms with Gasteiger partial charge >= 0.3 is 0 Å². The number of nitrogens with two attached hydrogens (primary N) is 1. The normalized spacial score (nSPS) is 27.5. The molecule has 2 nitrogen and oxygen atoms in total. The molecule has 0 radical (unpaired) electrons. The highest BCUT2D eigenvalue weighted by Crippen LogP contribution is 2.59. The van der Waals surface area contributed by atoms with Crippen LogP contribution >= 0.6 is 0 Å². The summed E-state index contributed by atoms with van der Waals surface area (Å²) in [5, 5.41) is 0. The van der Waals surface area contributed by atoms with E-state index in [1.807, 2.05) is 0 Å². The van der Waals surface area contributed by atoms with Gasteiger partial charge in [-0.2, -0.15) is 0 Å². The van der Waals surface area contributed by atoms with Gasteiger partial charge < -0.3 is 10.5 Å². The third-order valence-corrected chi connectivity index (χ3v) is 3.69. The van der Waals surface area contributed by atoms with E-state index in [9.17, 15) is 0 Å². The molecule has 0 aliphatic heterocycles. The van der Waals surface area contributed by atoms with Crippen molar-refractivity contribution in [2.75, 3.05) is 7.11 Å². The number of rotatable bonds is 2. The predicted molar refractivity (Wildman–Crippen MR) is 62.2 cm³/mol. The molecule has 1 aliphatic rings. The van der Waals surface area contributed by atoms with Gasteiger partial charge in [0.05, 0.1) is 7.11 Å². The Labute approximate surface area is 91.4 Å². The van der Waals surface area contributed by atoms with E-state index >= 15 is 0 Å². The molecule has 0 heterocycles. The van der Waals surface area contributed by atoms with Crippen LogP contribution in [-0.2, 0) is 0 Å². The molecular weight excluding hydrogens is 186 g/mol. The van der Waals surface area contributed by atoms with Gasteiger partial charge in [0.25, 0.3) is 0 Å². The molecule has 0 unspecified atom stereocenters. The smallest absolute Gasteiger partial charge is 0.125 e. The molecule has 2 N–H and O–H groups in total. The van der Waals surface area contributed by atoms with Crippen molar-refractivity contribution >= 4 is 0 Å². The van der Waals surface area contributed by atoms with Crippen LogP contribution in [0, 0.1) is 12.3 Å². The molecule has 2 atom stereocenters. The summed E-state index contributed by atoms with van der Waals surface area (Å²) >= 11 is 0. The molecule has 1 aromatic carbocycles. The van der Waals surface area contributed by atoms with E-state index < -0.39 is 0 Å². The molecule has 82 valence electrons. The molecule has 2 rings (SSSR count). The van der Waals surface area contributed by atoms with Crippen molar-refractivity contribution in [3.8, 4) is 5.75 Å². The van der Waals surface area contributed by atoms with Crippen molar-refractivity contribution in [1.82, 2.24) is 0 Å². The number of aryl methyl sites for hydroxylation is 1. The summed E-state index contributed by atoms with van der Waals surface area (Å²) in [7, 11) is 1.73. The number of para-hydroxylation sites is 1. The molecule has 0 saturated heterocycles. The zero-order valence-corrected chi connectivity index (χ0v) is 9.87. The molecule has 0 amide bonds. The third kappa shape index (κ3) is 1.44. The maximum atomic E-state index is 6.09. The molecule has 1 aromatic rings. The molecule has 15 heavy (non-hydrogen) atoms. The monoisotopic (exact) mass is 205 g/mol. The summed E-state index contributed by atoms with van der Waals surface area (Å²) in [5.41, 5.74) is 8.75. The van der Waals surface area contributed by atoms with Crippen LogP contribution < -0.4 is 10.5 Å². The van der Waals surface area contributed by atoms with Crippen molar-refractivity contribution < 1.29 is 4.74 Å². The SMILES string of the molecule is COc1c(C)cccc1[C@H]1[C@H](N)C1(C)C. The van der Waals surface area contributed by atoms with E-state index in [0.29, 0.717) is 5.92 Å². The van der Waals surface area contributed by atoms with Gasteiger partial charge in [-0.15, -0.1) is 0 Å². The van der Waals surface area contributed by atoms with Crippen LogP contribution in [0.1, 0.15) is 30.9 Å². The number of ether oxygens (including phenoxy) is 1. The van der Waals surface area contributed by atoms with Crippen LogP contribution in [0.2, 0.25) is 0 Å². The Kier molecular flexibility index (Phi) is 2.27. The summed E-state index contributed by atoms with van der Waals surface area (Å²) < 4.78 is 5.46. The minimum Gasteiger partial charge on any atom is -0.496 e. The lowest BCUT2D eigenvalue weighted by Crippen LogP contribution is -2.06. The van der Waals surface area contributed by atoms with Gasteiger partial charge in [-0.25, -0.2) is 0 Å². The fourth-order valence-corrected chi connectivity index (χ4v) is 2.47. The Morgan fingerprint density at radius 2 is 1.93 bits per heavy atom. The number of hydrogen-bond donors (Lipinski definition) is 1. The lowest BCUT2D eigenvalue weighted by Gasteiger charge is -2.11. The first-order valence-corrected chi connectivity index (χ1v) is 5.39. The molecular formula is C13H19NO. The fraction of sp³-hybridized carbons (Fsp3) is 0.538. The summed E-state index contributed by atoms with van der Waals surface area (Å²) in [6.07, 6.45) is 0. The first-order valence-electron chi connectivity index (χ1n) is 5.39. The van der Waals surface area contributed by atoms with Crippen molar-refractivity contribution in [2.45, 2.75) is 32.7 Å².